The molecular formula is C10H9ClO. The van der Waals surface area contributed by atoms with E-state index in [1.807, 2.05) is 12.1 Å². The van der Waals surface area contributed by atoms with Gasteiger partial charge < -0.3 is 4.74 Å². The van der Waals surface area contributed by atoms with Crippen LogP contribution < -0.4 is 4.74 Å². The second kappa shape index (κ2) is 4.69. The highest BCUT2D eigenvalue weighted by atomic mass is 35.5. The number of hydrogen-bond donors (Lipinski definition) is 0. The Hall–Kier alpha value is -1.13. The summed E-state index contributed by atoms with van der Waals surface area (Å²) < 4.78 is 5.27. The van der Waals surface area contributed by atoms with Gasteiger partial charge in [-0.25, -0.2) is 0 Å². The van der Waals surface area contributed by atoms with Gasteiger partial charge in [0.25, 0.3) is 0 Å². The van der Waals surface area contributed by atoms with Crippen molar-refractivity contribution in [1.29, 1.82) is 0 Å². The summed E-state index contributed by atoms with van der Waals surface area (Å²) in [6.45, 7) is 2.21. The van der Waals surface area contributed by atoms with Crippen LogP contribution in [0, 0.1) is 11.8 Å². The molecule has 12 heavy (non-hydrogen) atoms. The standard InChI is InChI=1S/C10H9ClO/c1-2-3-8-12-10-6-4-9(11)5-7-10/h4-7H,8H2,1H3. The van der Waals surface area contributed by atoms with Crippen LogP contribution >= 0.6 is 11.6 Å². The third kappa shape index (κ3) is 2.86. The van der Waals surface area contributed by atoms with Crippen molar-refractivity contribution in [2.75, 3.05) is 6.61 Å². The van der Waals surface area contributed by atoms with Gasteiger partial charge in [0.05, 0.1) is 0 Å². The largest absolute Gasteiger partial charge is 0.481 e. The van der Waals surface area contributed by atoms with E-state index in [1.165, 1.54) is 0 Å². The maximum atomic E-state index is 5.69. The fraction of sp³-hybridized carbons (Fsp3) is 0.200. The summed E-state index contributed by atoms with van der Waals surface area (Å²) in [5.74, 6) is 6.35. The minimum Gasteiger partial charge on any atom is -0.481 e. The number of rotatable bonds is 2. The summed E-state index contributed by atoms with van der Waals surface area (Å²) in [6, 6.07) is 7.21. The highest BCUT2D eigenvalue weighted by Crippen LogP contribution is 2.14. The second-order valence-electron chi connectivity index (χ2n) is 2.17. The molecule has 0 saturated heterocycles. The van der Waals surface area contributed by atoms with Crippen molar-refractivity contribution in [2.24, 2.45) is 0 Å². The van der Waals surface area contributed by atoms with Crippen molar-refractivity contribution < 1.29 is 4.74 Å². The van der Waals surface area contributed by atoms with Crippen LogP contribution in [0.1, 0.15) is 6.92 Å². The predicted molar refractivity (Wildman–Crippen MR) is 50.4 cm³/mol. The Kier molecular flexibility index (Phi) is 3.50. The quantitative estimate of drug-likeness (QED) is 0.636. The van der Waals surface area contributed by atoms with E-state index in [1.54, 1.807) is 19.1 Å². The molecule has 0 fully saturated rings. The molecule has 1 aromatic carbocycles. The molecule has 0 aliphatic heterocycles. The molecule has 1 rings (SSSR count). The average Bonchev–Trinajstić information content (AvgIpc) is 2.09. The molecule has 0 aliphatic rings. The molecule has 0 spiro atoms. The molecule has 1 nitrogen and oxygen atoms in total. The topological polar surface area (TPSA) is 9.23 Å². The molecule has 0 atom stereocenters. The molecule has 0 aromatic heterocycles. The van der Waals surface area contributed by atoms with Crippen molar-refractivity contribution in [3.05, 3.63) is 29.3 Å². The zero-order chi connectivity index (χ0) is 8.81. The van der Waals surface area contributed by atoms with Crippen molar-refractivity contribution >= 4 is 11.6 Å². The van der Waals surface area contributed by atoms with E-state index in [4.69, 9.17) is 16.3 Å². The van der Waals surface area contributed by atoms with E-state index in [2.05, 4.69) is 11.8 Å². The van der Waals surface area contributed by atoms with Gasteiger partial charge in [0.1, 0.15) is 12.4 Å². The van der Waals surface area contributed by atoms with Gasteiger partial charge in [0.15, 0.2) is 0 Å². The van der Waals surface area contributed by atoms with E-state index in [-0.39, 0.29) is 0 Å². The molecule has 2 heteroatoms. The number of benzene rings is 1. The van der Waals surface area contributed by atoms with Crippen LogP contribution in [0.5, 0.6) is 5.75 Å². The Labute approximate surface area is 77.3 Å². The first-order chi connectivity index (χ1) is 5.83. The molecule has 62 valence electrons. The third-order valence-corrected chi connectivity index (χ3v) is 1.55. The molecule has 0 saturated carbocycles. The van der Waals surface area contributed by atoms with Gasteiger partial charge in [-0.1, -0.05) is 17.5 Å². The minimum atomic E-state index is 0.429. The van der Waals surface area contributed by atoms with Crippen molar-refractivity contribution in [2.45, 2.75) is 6.92 Å². The molecule has 0 radical (unpaired) electrons. The minimum absolute atomic E-state index is 0.429. The highest BCUT2D eigenvalue weighted by Gasteiger charge is 1.90. The smallest absolute Gasteiger partial charge is 0.149 e. The molecule has 0 unspecified atom stereocenters. The number of halogens is 1. The van der Waals surface area contributed by atoms with Gasteiger partial charge in [0, 0.05) is 5.02 Å². The lowest BCUT2D eigenvalue weighted by Crippen LogP contribution is -1.92. The summed E-state index contributed by atoms with van der Waals surface area (Å²) in [7, 11) is 0. The van der Waals surface area contributed by atoms with Gasteiger partial charge in [-0.05, 0) is 31.2 Å². The monoisotopic (exact) mass is 180 g/mol. The molecule has 1 aromatic rings. The van der Waals surface area contributed by atoms with Crippen molar-refractivity contribution in [3.8, 4) is 17.6 Å². The van der Waals surface area contributed by atoms with Gasteiger partial charge in [-0.3, -0.25) is 0 Å². The van der Waals surface area contributed by atoms with Crippen LogP contribution in [0.25, 0.3) is 0 Å². The third-order valence-electron chi connectivity index (χ3n) is 1.30. The highest BCUT2D eigenvalue weighted by molar-refractivity contribution is 6.30. The second-order valence-corrected chi connectivity index (χ2v) is 2.61. The summed E-state index contributed by atoms with van der Waals surface area (Å²) >= 11 is 5.69. The molecule has 0 heterocycles. The lowest BCUT2D eigenvalue weighted by molar-refractivity contribution is 0.370. The molecular weight excluding hydrogens is 172 g/mol. The maximum absolute atomic E-state index is 5.69. The predicted octanol–water partition coefficient (Wildman–Crippen LogP) is 2.74. The lowest BCUT2D eigenvalue weighted by Gasteiger charge is -2.00. The first kappa shape index (κ1) is 8.96. The Morgan fingerprint density at radius 2 is 2.00 bits per heavy atom. The Bertz CT molecular complexity index is 292. The van der Waals surface area contributed by atoms with Gasteiger partial charge in [-0.2, -0.15) is 0 Å². The molecule has 0 bridgehead atoms. The zero-order valence-corrected chi connectivity index (χ0v) is 7.56. The summed E-state index contributed by atoms with van der Waals surface area (Å²) in [5, 5.41) is 0.712. The van der Waals surface area contributed by atoms with Crippen LogP contribution in [0.15, 0.2) is 24.3 Å². The van der Waals surface area contributed by atoms with E-state index < -0.39 is 0 Å². The lowest BCUT2D eigenvalue weighted by atomic mass is 10.3. The first-order valence-electron chi connectivity index (χ1n) is 3.61. The number of hydrogen-bond acceptors (Lipinski definition) is 1. The Morgan fingerprint density at radius 3 is 2.58 bits per heavy atom. The van der Waals surface area contributed by atoms with Crippen LogP contribution in [-0.4, -0.2) is 6.61 Å². The Balaban J connectivity index is 2.51. The fourth-order valence-electron chi connectivity index (χ4n) is 0.722. The number of ether oxygens (including phenoxy) is 1. The maximum Gasteiger partial charge on any atom is 0.149 e. The van der Waals surface area contributed by atoms with E-state index in [0.29, 0.717) is 11.6 Å². The summed E-state index contributed by atoms with van der Waals surface area (Å²) in [4.78, 5) is 0. The molecule has 0 amide bonds. The van der Waals surface area contributed by atoms with E-state index in [9.17, 15) is 0 Å². The Morgan fingerprint density at radius 1 is 1.33 bits per heavy atom. The normalized spacial score (nSPS) is 8.50. The summed E-state index contributed by atoms with van der Waals surface area (Å²) in [5.41, 5.74) is 0. The van der Waals surface area contributed by atoms with Crippen molar-refractivity contribution in [1.82, 2.24) is 0 Å². The fourth-order valence-corrected chi connectivity index (χ4v) is 0.848. The van der Waals surface area contributed by atoms with Gasteiger partial charge >= 0.3 is 0 Å². The van der Waals surface area contributed by atoms with E-state index >= 15 is 0 Å². The van der Waals surface area contributed by atoms with Crippen LogP contribution in [0.4, 0.5) is 0 Å². The SMILES string of the molecule is CC#CCOc1ccc(Cl)cc1. The van der Waals surface area contributed by atoms with Crippen LogP contribution in [0.2, 0.25) is 5.02 Å². The van der Waals surface area contributed by atoms with E-state index in [0.717, 1.165) is 5.75 Å². The average molecular weight is 181 g/mol. The van der Waals surface area contributed by atoms with Crippen molar-refractivity contribution in [3.63, 3.8) is 0 Å². The van der Waals surface area contributed by atoms with Gasteiger partial charge in [0.2, 0.25) is 0 Å². The molecule has 0 N–H and O–H groups in total. The first-order valence-corrected chi connectivity index (χ1v) is 3.98. The summed E-state index contributed by atoms with van der Waals surface area (Å²) in [6.07, 6.45) is 0. The molecule has 0 aliphatic carbocycles. The van der Waals surface area contributed by atoms with Gasteiger partial charge in [-0.15, -0.1) is 5.92 Å². The zero-order valence-electron chi connectivity index (χ0n) is 6.80. The van der Waals surface area contributed by atoms with Crippen LogP contribution in [0.3, 0.4) is 0 Å². The van der Waals surface area contributed by atoms with Crippen LogP contribution in [-0.2, 0) is 0 Å².